The number of nitrogens with one attached hydrogen (secondary N) is 1. The van der Waals surface area contributed by atoms with Crippen LogP contribution in [-0.4, -0.2) is 23.2 Å². The van der Waals surface area contributed by atoms with Crippen molar-refractivity contribution in [3.05, 3.63) is 32.3 Å². The second-order valence-corrected chi connectivity index (χ2v) is 3.88. The van der Waals surface area contributed by atoms with Gasteiger partial charge in [0.2, 0.25) is 0 Å². The Morgan fingerprint density at radius 1 is 1.60 bits per heavy atom. The predicted molar refractivity (Wildman–Crippen MR) is 61.1 cm³/mol. The molecule has 0 aromatic heterocycles. The largest absolute Gasteiger partial charge is 0.395 e. The summed E-state index contributed by atoms with van der Waals surface area (Å²) in [5.41, 5.74) is 1.41. The van der Waals surface area contributed by atoms with E-state index in [9.17, 15) is 10.1 Å². The highest BCUT2D eigenvalue weighted by molar-refractivity contribution is 9.10. The van der Waals surface area contributed by atoms with Crippen molar-refractivity contribution in [1.82, 2.24) is 0 Å². The summed E-state index contributed by atoms with van der Waals surface area (Å²) in [5, 5.41) is 22.2. The number of aliphatic hydroxyl groups is 1. The summed E-state index contributed by atoms with van der Waals surface area (Å²) in [5.74, 6) is 0. The molecular weight excluding hydrogens is 264 g/mol. The summed E-state index contributed by atoms with van der Waals surface area (Å²) in [7, 11) is 0. The van der Waals surface area contributed by atoms with Crippen molar-refractivity contribution in [1.29, 1.82) is 0 Å². The van der Waals surface area contributed by atoms with Crippen molar-refractivity contribution in [3.8, 4) is 0 Å². The van der Waals surface area contributed by atoms with Gasteiger partial charge in [-0.05, 0) is 28.9 Å². The average molecular weight is 275 g/mol. The fourth-order valence-electron chi connectivity index (χ4n) is 1.19. The SMILES string of the molecule is Cc1cc(NCCO)c(Br)cc1[N+](=O)[O-]. The van der Waals surface area contributed by atoms with Gasteiger partial charge in [0.05, 0.1) is 11.5 Å². The van der Waals surface area contributed by atoms with E-state index in [0.717, 1.165) is 5.69 Å². The van der Waals surface area contributed by atoms with Crippen molar-refractivity contribution in [2.75, 3.05) is 18.5 Å². The summed E-state index contributed by atoms with van der Waals surface area (Å²) in [6.07, 6.45) is 0. The molecular formula is C9H11BrN2O3. The molecule has 0 aliphatic heterocycles. The predicted octanol–water partition coefficient (Wildman–Crippen LogP) is 2.07. The number of aryl methyl sites for hydroxylation is 1. The van der Waals surface area contributed by atoms with Crippen LogP contribution in [0.5, 0.6) is 0 Å². The summed E-state index contributed by atoms with van der Waals surface area (Å²) in [4.78, 5) is 10.2. The summed E-state index contributed by atoms with van der Waals surface area (Å²) in [6, 6.07) is 3.13. The molecule has 0 unspecified atom stereocenters. The van der Waals surface area contributed by atoms with E-state index in [2.05, 4.69) is 21.2 Å². The molecule has 15 heavy (non-hydrogen) atoms. The number of nitro benzene ring substituents is 1. The lowest BCUT2D eigenvalue weighted by Crippen LogP contribution is -2.06. The maximum Gasteiger partial charge on any atom is 0.273 e. The van der Waals surface area contributed by atoms with E-state index in [1.807, 2.05) is 0 Å². The van der Waals surface area contributed by atoms with E-state index in [0.29, 0.717) is 16.6 Å². The molecule has 0 saturated heterocycles. The molecule has 0 bridgehead atoms. The number of aliphatic hydroxyl groups excluding tert-OH is 1. The fraction of sp³-hybridized carbons (Fsp3) is 0.333. The van der Waals surface area contributed by atoms with Gasteiger partial charge in [0.1, 0.15) is 0 Å². The highest BCUT2D eigenvalue weighted by atomic mass is 79.9. The average Bonchev–Trinajstić information content (AvgIpc) is 2.18. The minimum Gasteiger partial charge on any atom is -0.395 e. The zero-order valence-corrected chi connectivity index (χ0v) is 9.74. The molecule has 0 radical (unpaired) electrons. The summed E-state index contributed by atoms with van der Waals surface area (Å²) >= 11 is 3.23. The normalized spacial score (nSPS) is 10.1. The Hall–Kier alpha value is -1.14. The van der Waals surface area contributed by atoms with Crippen LogP contribution in [0, 0.1) is 17.0 Å². The lowest BCUT2D eigenvalue weighted by atomic mass is 10.2. The third-order valence-corrected chi connectivity index (χ3v) is 2.57. The molecule has 5 nitrogen and oxygen atoms in total. The van der Waals surface area contributed by atoms with E-state index in [4.69, 9.17) is 5.11 Å². The third kappa shape index (κ3) is 2.90. The number of hydrogen-bond donors (Lipinski definition) is 2. The van der Waals surface area contributed by atoms with Gasteiger partial charge >= 0.3 is 0 Å². The maximum atomic E-state index is 10.6. The molecule has 2 N–H and O–H groups in total. The van der Waals surface area contributed by atoms with Crippen LogP contribution in [-0.2, 0) is 0 Å². The Balaban J connectivity index is 3.02. The number of benzene rings is 1. The zero-order chi connectivity index (χ0) is 11.4. The monoisotopic (exact) mass is 274 g/mol. The van der Waals surface area contributed by atoms with Gasteiger partial charge in [-0.25, -0.2) is 0 Å². The lowest BCUT2D eigenvalue weighted by molar-refractivity contribution is -0.385. The number of hydrogen-bond acceptors (Lipinski definition) is 4. The number of nitro groups is 1. The van der Waals surface area contributed by atoms with Gasteiger partial charge in [0, 0.05) is 28.3 Å². The van der Waals surface area contributed by atoms with Crippen molar-refractivity contribution in [3.63, 3.8) is 0 Å². The molecule has 0 heterocycles. The number of rotatable bonds is 4. The van der Waals surface area contributed by atoms with Crippen LogP contribution in [0.2, 0.25) is 0 Å². The van der Waals surface area contributed by atoms with Crippen LogP contribution in [0.1, 0.15) is 5.56 Å². The van der Waals surface area contributed by atoms with Crippen LogP contribution in [0.15, 0.2) is 16.6 Å². The smallest absolute Gasteiger partial charge is 0.273 e. The minimum atomic E-state index is -0.421. The summed E-state index contributed by atoms with van der Waals surface area (Å²) < 4.78 is 0.619. The highest BCUT2D eigenvalue weighted by Crippen LogP contribution is 2.30. The molecule has 0 saturated carbocycles. The van der Waals surface area contributed by atoms with Gasteiger partial charge in [-0.3, -0.25) is 10.1 Å². The first-order valence-electron chi connectivity index (χ1n) is 4.35. The molecule has 0 atom stereocenters. The Bertz CT molecular complexity index is 382. The van der Waals surface area contributed by atoms with Crippen LogP contribution in [0.3, 0.4) is 0 Å². The minimum absolute atomic E-state index is 0.0163. The Morgan fingerprint density at radius 3 is 2.80 bits per heavy atom. The molecule has 82 valence electrons. The molecule has 6 heteroatoms. The van der Waals surface area contributed by atoms with Gasteiger partial charge in [-0.1, -0.05) is 0 Å². The number of anilines is 1. The quantitative estimate of drug-likeness (QED) is 0.651. The van der Waals surface area contributed by atoms with E-state index in [1.54, 1.807) is 13.0 Å². The van der Waals surface area contributed by atoms with Crippen molar-refractivity contribution >= 4 is 27.3 Å². The Kier molecular flexibility index (Phi) is 4.05. The zero-order valence-electron chi connectivity index (χ0n) is 8.16. The van der Waals surface area contributed by atoms with Crippen LogP contribution < -0.4 is 5.32 Å². The van der Waals surface area contributed by atoms with Crippen LogP contribution in [0.4, 0.5) is 11.4 Å². The second kappa shape index (κ2) is 5.09. The van der Waals surface area contributed by atoms with Gasteiger partial charge in [-0.15, -0.1) is 0 Å². The third-order valence-electron chi connectivity index (χ3n) is 1.91. The van der Waals surface area contributed by atoms with Crippen molar-refractivity contribution in [2.24, 2.45) is 0 Å². The fourth-order valence-corrected chi connectivity index (χ4v) is 1.67. The van der Waals surface area contributed by atoms with E-state index < -0.39 is 4.92 Å². The van der Waals surface area contributed by atoms with E-state index in [1.165, 1.54) is 6.07 Å². The summed E-state index contributed by atoms with van der Waals surface area (Å²) in [6.45, 7) is 2.10. The number of halogens is 1. The van der Waals surface area contributed by atoms with Crippen LogP contribution in [0.25, 0.3) is 0 Å². The molecule has 1 rings (SSSR count). The molecule has 0 aliphatic carbocycles. The standard InChI is InChI=1S/C9H11BrN2O3/c1-6-4-8(11-2-3-13)7(10)5-9(6)12(14)15/h4-5,11,13H,2-3H2,1H3. The Labute approximate surface area is 95.4 Å². The Morgan fingerprint density at radius 2 is 2.27 bits per heavy atom. The molecule has 0 spiro atoms. The first-order valence-corrected chi connectivity index (χ1v) is 5.15. The van der Waals surface area contributed by atoms with E-state index in [-0.39, 0.29) is 12.3 Å². The number of nitrogens with zero attached hydrogens (tertiary/aromatic N) is 1. The van der Waals surface area contributed by atoms with E-state index >= 15 is 0 Å². The maximum absolute atomic E-state index is 10.6. The lowest BCUT2D eigenvalue weighted by Gasteiger charge is -2.08. The molecule has 1 aromatic carbocycles. The van der Waals surface area contributed by atoms with Gasteiger partial charge in [0.25, 0.3) is 5.69 Å². The molecule has 0 fully saturated rings. The van der Waals surface area contributed by atoms with Gasteiger partial charge in [-0.2, -0.15) is 0 Å². The van der Waals surface area contributed by atoms with Gasteiger partial charge in [0.15, 0.2) is 0 Å². The van der Waals surface area contributed by atoms with Crippen molar-refractivity contribution in [2.45, 2.75) is 6.92 Å². The second-order valence-electron chi connectivity index (χ2n) is 3.03. The molecule has 1 aromatic rings. The highest BCUT2D eigenvalue weighted by Gasteiger charge is 2.13. The van der Waals surface area contributed by atoms with Gasteiger partial charge < -0.3 is 10.4 Å². The first-order chi connectivity index (χ1) is 7.06. The van der Waals surface area contributed by atoms with Crippen LogP contribution >= 0.6 is 15.9 Å². The molecule has 0 aliphatic rings. The topological polar surface area (TPSA) is 75.4 Å². The van der Waals surface area contributed by atoms with Crippen molar-refractivity contribution < 1.29 is 10.0 Å². The first kappa shape index (κ1) is 11.9. The molecule has 0 amide bonds.